The van der Waals surface area contributed by atoms with Gasteiger partial charge in [0.05, 0.1) is 22.8 Å². The monoisotopic (exact) mass is 349 g/mol. The maximum Gasteiger partial charge on any atom is 0.417 e. The number of hydrogen-bond acceptors (Lipinski definition) is 4. The minimum absolute atomic E-state index is 0.166. The third kappa shape index (κ3) is 3.76. The van der Waals surface area contributed by atoms with Crippen molar-refractivity contribution < 1.29 is 18.0 Å². The van der Waals surface area contributed by atoms with Crippen molar-refractivity contribution in [2.75, 3.05) is 5.32 Å². The number of amides is 1. The summed E-state index contributed by atoms with van der Waals surface area (Å²) >= 11 is 6.71. The van der Waals surface area contributed by atoms with E-state index in [0.717, 1.165) is 29.5 Å². The smallest absolute Gasteiger partial charge is 0.322 e. The van der Waals surface area contributed by atoms with Crippen LogP contribution in [0.25, 0.3) is 0 Å². The van der Waals surface area contributed by atoms with Crippen molar-refractivity contribution in [3.63, 3.8) is 0 Å². The molecule has 3 N–H and O–H groups in total. The number of alkyl halides is 3. The van der Waals surface area contributed by atoms with E-state index < -0.39 is 22.7 Å². The Morgan fingerprint density at radius 1 is 1.45 bits per heavy atom. The number of nitrogens with two attached hydrogens (primary N) is 1. The molecule has 118 valence electrons. The number of rotatable bonds is 3. The number of benzene rings is 1. The summed E-state index contributed by atoms with van der Waals surface area (Å²) in [5, 5.41) is 2.58. The zero-order chi connectivity index (χ0) is 16.5. The lowest BCUT2D eigenvalue weighted by atomic mass is 10.2. The van der Waals surface area contributed by atoms with Gasteiger partial charge < -0.3 is 11.1 Å². The van der Waals surface area contributed by atoms with E-state index in [0.29, 0.717) is 9.88 Å². The summed E-state index contributed by atoms with van der Waals surface area (Å²) in [7, 11) is 0. The van der Waals surface area contributed by atoms with Gasteiger partial charge in [0.15, 0.2) is 0 Å². The molecule has 0 aliphatic heterocycles. The van der Waals surface area contributed by atoms with E-state index in [-0.39, 0.29) is 11.7 Å². The standard InChI is InChI=1S/C13H11ClF3N3OS/c1-6(18)12-19-5-10(22-12)11(21)20-7-2-3-8(9(14)4-7)13(15,16)17/h2-6H,18H2,1H3,(H,20,21). The van der Waals surface area contributed by atoms with E-state index in [4.69, 9.17) is 17.3 Å². The lowest BCUT2D eigenvalue weighted by Crippen LogP contribution is -2.11. The third-order valence-corrected chi connectivity index (χ3v) is 4.18. The second kappa shape index (κ2) is 6.23. The molecule has 1 aromatic carbocycles. The van der Waals surface area contributed by atoms with Crippen LogP contribution in [0.1, 0.15) is 33.2 Å². The fourth-order valence-electron chi connectivity index (χ4n) is 1.62. The fraction of sp³-hybridized carbons (Fsp3) is 0.231. The molecule has 9 heteroatoms. The second-order valence-corrected chi connectivity index (χ2v) is 5.97. The van der Waals surface area contributed by atoms with Crippen molar-refractivity contribution in [1.29, 1.82) is 0 Å². The van der Waals surface area contributed by atoms with Gasteiger partial charge in [-0.25, -0.2) is 4.98 Å². The molecule has 0 saturated carbocycles. The van der Waals surface area contributed by atoms with Crippen molar-refractivity contribution >= 4 is 34.5 Å². The van der Waals surface area contributed by atoms with Gasteiger partial charge in [-0.15, -0.1) is 11.3 Å². The highest BCUT2D eigenvalue weighted by atomic mass is 35.5. The first-order valence-electron chi connectivity index (χ1n) is 6.08. The minimum Gasteiger partial charge on any atom is -0.322 e. The number of nitrogens with one attached hydrogen (secondary N) is 1. The lowest BCUT2D eigenvalue weighted by Gasteiger charge is -2.10. The van der Waals surface area contributed by atoms with Crippen LogP contribution in [0.5, 0.6) is 0 Å². The molecule has 4 nitrogen and oxygen atoms in total. The molecule has 0 bridgehead atoms. The number of carbonyl (C=O) groups excluding carboxylic acids is 1. The summed E-state index contributed by atoms with van der Waals surface area (Å²) in [5.74, 6) is -0.486. The van der Waals surface area contributed by atoms with Crippen molar-refractivity contribution in [1.82, 2.24) is 4.98 Å². The topological polar surface area (TPSA) is 68.0 Å². The van der Waals surface area contributed by atoms with Crippen molar-refractivity contribution in [3.05, 3.63) is 44.9 Å². The van der Waals surface area contributed by atoms with Gasteiger partial charge in [-0.05, 0) is 25.1 Å². The van der Waals surface area contributed by atoms with E-state index >= 15 is 0 Å². The maximum absolute atomic E-state index is 12.6. The van der Waals surface area contributed by atoms with Crippen LogP contribution in [-0.4, -0.2) is 10.9 Å². The van der Waals surface area contributed by atoms with Crippen LogP contribution in [0.4, 0.5) is 18.9 Å². The first kappa shape index (κ1) is 16.7. The van der Waals surface area contributed by atoms with E-state index in [1.54, 1.807) is 6.92 Å². The van der Waals surface area contributed by atoms with Crippen LogP contribution in [0.2, 0.25) is 5.02 Å². The molecule has 1 amide bonds. The summed E-state index contributed by atoms with van der Waals surface area (Å²) in [5.41, 5.74) is 4.86. The largest absolute Gasteiger partial charge is 0.417 e. The van der Waals surface area contributed by atoms with Crippen LogP contribution in [-0.2, 0) is 6.18 Å². The number of anilines is 1. The van der Waals surface area contributed by atoms with Gasteiger partial charge in [0, 0.05) is 5.69 Å². The number of halogens is 4. The highest BCUT2D eigenvalue weighted by Gasteiger charge is 2.33. The average molecular weight is 350 g/mol. The molecule has 0 aliphatic carbocycles. The number of aromatic nitrogens is 1. The van der Waals surface area contributed by atoms with Crippen LogP contribution in [0.3, 0.4) is 0 Å². The summed E-state index contributed by atoms with van der Waals surface area (Å²) in [4.78, 5) is 16.3. The van der Waals surface area contributed by atoms with E-state index in [1.165, 1.54) is 6.20 Å². The number of carbonyl (C=O) groups is 1. The Hall–Kier alpha value is -1.64. The summed E-state index contributed by atoms with van der Waals surface area (Å²) in [6.07, 6.45) is -3.17. The first-order valence-corrected chi connectivity index (χ1v) is 7.27. The van der Waals surface area contributed by atoms with Gasteiger partial charge in [0.2, 0.25) is 0 Å². The Morgan fingerprint density at radius 3 is 2.64 bits per heavy atom. The number of hydrogen-bond donors (Lipinski definition) is 2. The van der Waals surface area contributed by atoms with Crippen molar-refractivity contribution in [2.45, 2.75) is 19.1 Å². The van der Waals surface area contributed by atoms with Gasteiger partial charge in [-0.3, -0.25) is 4.79 Å². The lowest BCUT2D eigenvalue weighted by molar-refractivity contribution is -0.137. The van der Waals surface area contributed by atoms with Crippen molar-refractivity contribution in [3.8, 4) is 0 Å². The van der Waals surface area contributed by atoms with Crippen LogP contribution in [0, 0.1) is 0 Å². The van der Waals surface area contributed by atoms with Gasteiger partial charge in [0.25, 0.3) is 5.91 Å². The molecule has 1 unspecified atom stereocenters. The number of nitrogens with zero attached hydrogens (tertiary/aromatic N) is 1. The van der Waals surface area contributed by atoms with E-state index in [2.05, 4.69) is 10.3 Å². The Bertz CT molecular complexity index is 700. The molecule has 22 heavy (non-hydrogen) atoms. The SMILES string of the molecule is CC(N)c1ncc(C(=O)Nc2ccc(C(F)(F)F)c(Cl)c2)s1. The molecule has 2 aromatic rings. The highest BCUT2D eigenvalue weighted by Crippen LogP contribution is 2.36. The minimum atomic E-state index is -4.54. The quantitative estimate of drug-likeness (QED) is 0.877. The molecule has 0 aliphatic rings. The number of thiazole rings is 1. The Balaban J connectivity index is 2.16. The van der Waals surface area contributed by atoms with Crippen LogP contribution < -0.4 is 11.1 Å². The zero-order valence-corrected chi connectivity index (χ0v) is 12.8. The molecule has 0 saturated heterocycles. The van der Waals surface area contributed by atoms with Gasteiger partial charge in [-0.2, -0.15) is 13.2 Å². The first-order chi connectivity index (χ1) is 10.2. The van der Waals surface area contributed by atoms with Crippen LogP contribution >= 0.6 is 22.9 Å². The average Bonchev–Trinajstić information content (AvgIpc) is 2.86. The molecular formula is C13H11ClF3N3OS. The molecule has 0 fully saturated rings. The predicted octanol–water partition coefficient (Wildman–Crippen LogP) is 4.09. The van der Waals surface area contributed by atoms with E-state index in [9.17, 15) is 18.0 Å². The van der Waals surface area contributed by atoms with E-state index in [1.807, 2.05) is 0 Å². The summed E-state index contributed by atoms with van der Waals surface area (Å²) in [6.45, 7) is 1.73. The predicted molar refractivity (Wildman–Crippen MR) is 79.1 cm³/mol. The molecular weight excluding hydrogens is 339 g/mol. The normalized spacial score (nSPS) is 13.0. The Labute approximate surface area is 133 Å². The third-order valence-electron chi connectivity index (χ3n) is 2.67. The highest BCUT2D eigenvalue weighted by molar-refractivity contribution is 7.13. The molecule has 1 heterocycles. The molecule has 0 radical (unpaired) electrons. The second-order valence-electron chi connectivity index (χ2n) is 4.50. The fourth-order valence-corrected chi connectivity index (χ4v) is 2.67. The van der Waals surface area contributed by atoms with Gasteiger partial charge >= 0.3 is 6.18 Å². The Morgan fingerprint density at radius 2 is 2.14 bits per heavy atom. The molecule has 0 spiro atoms. The van der Waals surface area contributed by atoms with Crippen molar-refractivity contribution in [2.24, 2.45) is 5.73 Å². The zero-order valence-electron chi connectivity index (χ0n) is 11.2. The molecule has 2 rings (SSSR count). The van der Waals surface area contributed by atoms with Gasteiger partial charge in [-0.1, -0.05) is 11.6 Å². The summed E-state index contributed by atoms with van der Waals surface area (Å²) in [6, 6.07) is 2.71. The summed E-state index contributed by atoms with van der Waals surface area (Å²) < 4.78 is 37.8. The van der Waals surface area contributed by atoms with Gasteiger partial charge in [0.1, 0.15) is 9.88 Å². The molecule has 1 atom stereocenters. The molecule has 1 aromatic heterocycles. The maximum atomic E-state index is 12.6. The Kier molecular flexibility index (Phi) is 4.74. The van der Waals surface area contributed by atoms with Crippen LogP contribution in [0.15, 0.2) is 24.4 Å².